The van der Waals surface area contributed by atoms with Gasteiger partial charge in [-0.1, -0.05) is 12.1 Å². The molecule has 0 aliphatic carbocycles. The first kappa shape index (κ1) is 54.8. The summed E-state index contributed by atoms with van der Waals surface area (Å²) in [5, 5.41) is 76.0. The first-order valence-corrected chi connectivity index (χ1v) is 19.1. The number of nitrogens with zero attached hydrogens (tertiary/aromatic N) is 1. The molecule has 0 aromatic heterocycles. The van der Waals surface area contributed by atoms with Crippen molar-refractivity contribution in [1.82, 2.24) is 47.9 Å². The number of nitrogens with one attached hydrogen (secondary N) is 9. The summed E-state index contributed by atoms with van der Waals surface area (Å²) in [5.41, 5.74) is 16.4. The van der Waals surface area contributed by atoms with E-state index in [1.54, 1.807) is 0 Å². The molecule has 0 radical (unpaired) electrons. The third kappa shape index (κ3) is 21.5. The van der Waals surface area contributed by atoms with E-state index in [4.69, 9.17) is 27.4 Å². The highest BCUT2D eigenvalue weighted by molar-refractivity contribution is 5.97. The van der Waals surface area contributed by atoms with Crippen molar-refractivity contribution >= 4 is 65.1 Å². The Morgan fingerprint density at radius 2 is 0.969 bits per heavy atom. The number of aliphatic hydroxyl groups is 4. The van der Waals surface area contributed by atoms with E-state index < -0.39 is 148 Å². The molecule has 0 spiro atoms. The summed E-state index contributed by atoms with van der Waals surface area (Å²) in [6.45, 7) is -6.88. The van der Waals surface area contributed by atoms with Crippen molar-refractivity contribution in [3.63, 3.8) is 0 Å². The second-order valence-electron chi connectivity index (χ2n) is 13.4. The molecule has 29 heteroatoms. The fourth-order valence-corrected chi connectivity index (χ4v) is 4.94. The Kier molecular flexibility index (Phi) is 25.0. The summed E-state index contributed by atoms with van der Waals surface area (Å²) in [4.78, 5) is 128. The smallest absolute Gasteiger partial charge is 0.322 e. The quantitative estimate of drug-likeness (QED) is 0.0202. The van der Waals surface area contributed by atoms with Gasteiger partial charge < -0.3 is 95.7 Å². The maximum absolute atomic E-state index is 13.5. The Bertz CT molecular complexity index is 1810. The zero-order chi connectivity index (χ0) is 48.4. The first-order valence-electron chi connectivity index (χ1n) is 19.1. The number of guanidine groups is 1. The highest BCUT2D eigenvalue weighted by atomic mass is 16.4. The molecule has 64 heavy (non-hydrogen) atoms. The van der Waals surface area contributed by atoms with Gasteiger partial charge in [-0.05, 0) is 30.5 Å². The van der Waals surface area contributed by atoms with Crippen LogP contribution >= 0.6 is 0 Å². The average molecular weight is 914 g/mol. The van der Waals surface area contributed by atoms with Gasteiger partial charge in [-0.25, -0.2) is 0 Å². The Labute approximate surface area is 363 Å². The number of phenolic OH excluding ortho intramolecular Hbond substituents is 1. The van der Waals surface area contributed by atoms with E-state index in [0.29, 0.717) is 5.56 Å². The van der Waals surface area contributed by atoms with Crippen LogP contribution in [0.4, 0.5) is 0 Å². The number of amides is 9. The highest BCUT2D eigenvalue weighted by Gasteiger charge is 2.30. The summed E-state index contributed by atoms with van der Waals surface area (Å²) in [6, 6.07) is -3.81. The van der Waals surface area contributed by atoms with E-state index in [0.717, 1.165) is 0 Å². The van der Waals surface area contributed by atoms with Crippen molar-refractivity contribution in [3.8, 4) is 5.75 Å². The normalized spacial score (nSPS) is 13.4. The molecular weight excluding hydrogens is 858 g/mol. The summed E-state index contributed by atoms with van der Waals surface area (Å²) < 4.78 is 0. The first-order chi connectivity index (χ1) is 30.2. The van der Waals surface area contributed by atoms with Crippen LogP contribution in [-0.2, 0) is 54.4 Å². The maximum Gasteiger partial charge on any atom is 0.322 e. The van der Waals surface area contributed by atoms with E-state index in [1.807, 2.05) is 10.6 Å². The topological polar surface area (TPSA) is 491 Å². The second kappa shape index (κ2) is 29.2. The molecule has 0 saturated heterocycles. The van der Waals surface area contributed by atoms with Crippen molar-refractivity contribution in [3.05, 3.63) is 29.8 Å². The van der Waals surface area contributed by atoms with Crippen molar-refractivity contribution in [2.45, 2.75) is 55.5 Å². The standard InChI is InChI=1S/C35H55N13O16/c36-19(13-49)29(59)41-11-27(56)45-23(15-51)33(63)48-24(16-52)34(64)47-22(14-50)31(61)42-9-25(54)40-10-26(55)44-21(8-17-3-5-18(53)6-4-17)32(62)46-20(2-1-7-39-35(37)38)30(60)43-12-28(57)58/h3-6,19-24,49-53H,1-2,7-16,36H2,(H,40,54)(H,41,59)(H,42,61)(H,43,60)(H,44,55)(H,45,56)(H,46,62)(H,47,64)(H,48,63)(H,57,58)(H4,37,38,39)/t19-,20-,21-,22-,23-,24-/m0/s1. The zero-order valence-corrected chi connectivity index (χ0v) is 34.2. The Balaban J connectivity index is 2.87. The summed E-state index contributed by atoms with van der Waals surface area (Å²) >= 11 is 0. The predicted molar refractivity (Wildman–Crippen MR) is 217 cm³/mol. The van der Waals surface area contributed by atoms with Crippen molar-refractivity contribution < 1.29 is 78.6 Å². The number of carbonyl (C=O) groups is 10. The SMILES string of the molecule is NC(N)=NCCC[C@H](NC(=O)[C@H](Cc1ccc(O)cc1)NC(=O)CNC(=O)CNC(=O)[C@H](CO)NC(=O)[C@H](CO)NC(=O)[C@H](CO)NC(=O)CNC(=O)[C@@H](N)CO)C(=O)NCC(=O)O. The van der Waals surface area contributed by atoms with Gasteiger partial charge in [0.1, 0.15) is 48.5 Å². The third-order valence-electron chi connectivity index (χ3n) is 8.31. The van der Waals surface area contributed by atoms with E-state index >= 15 is 0 Å². The minimum atomic E-state index is -1.81. The van der Waals surface area contributed by atoms with E-state index in [-0.39, 0.29) is 37.5 Å². The van der Waals surface area contributed by atoms with Crippen LogP contribution in [0.1, 0.15) is 18.4 Å². The molecule has 21 N–H and O–H groups in total. The number of aliphatic carboxylic acids is 1. The number of hydrogen-bond acceptors (Lipinski definition) is 17. The van der Waals surface area contributed by atoms with Crippen molar-refractivity contribution in [2.24, 2.45) is 22.2 Å². The van der Waals surface area contributed by atoms with Crippen LogP contribution in [0, 0.1) is 0 Å². The highest BCUT2D eigenvalue weighted by Crippen LogP contribution is 2.12. The van der Waals surface area contributed by atoms with Crippen LogP contribution < -0.4 is 65.1 Å². The number of phenols is 1. The number of aliphatic imine (C=N–C) groups is 1. The third-order valence-corrected chi connectivity index (χ3v) is 8.31. The summed E-state index contributed by atoms with van der Waals surface area (Å²) in [6.07, 6.45) is -0.0933. The van der Waals surface area contributed by atoms with Gasteiger partial charge >= 0.3 is 5.97 Å². The predicted octanol–water partition coefficient (Wildman–Crippen LogP) is -10.7. The van der Waals surface area contributed by atoms with Crippen LogP contribution in [0.2, 0.25) is 0 Å². The number of carboxylic acids is 1. The molecule has 0 heterocycles. The molecule has 0 fully saturated rings. The van der Waals surface area contributed by atoms with E-state index in [1.165, 1.54) is 24.3 Å². The molecule has 0 aliphatic rings. The van der Waals surface area contributed by atoms with Gasteiger partial charge in [-0.3, -0.25) is 52.9 Å². The molecule has 356 valence electrons. The number of carboxylic acid groups (broad SMARTS) is 1. The van der Waals surface area contributed by atoms with Crippen LogP contribution in [0.5, 0.6) is 5.75 Å². The molecule has 6 atom stereocenters. The largest absolute Gasteiger partial charge is 0.508 e. The van der Waals surface area contributed by atoms with Crippen molar-refractivity contribution in [2.75, 3.05) is 59.2 Å². The molecule has 0 bridgehead atoms. The molecule has 29 nitrogen and oxygen atoms in total. The van der Waals surface area contributed by atoms with Gasteiger partial charge in [0.25, 0.3) is 0 Å². The lowest BCUT2D eigenvalue weighted by molar-refractivity contribution is -0.138. The van der Waals surface area contributed by atoms with Gasteiger partial charge in [-0.15, -0.1) is 0 Å². The number of carbonyl (C=O) groups excluding carboxylic acids is 9. The lowest BCUT2D eigenvalue weighted by atomic mass is 10.0. The van der Waals surface area contributed by atoms with Gasteiger partial charge in [-0.2, -0.15) is 0 Å². The number of nitrogens with two attached hydrogens (primary N) is 3. The summed E-state index contributed by atoms with van der Waals surface area (Å²) in [7, 11) is 0. The lowest BCUT2D eigenvalue weighted by Crippen LogP contribution is -2.59. The van der Waals surface area contributed by atoms with E-state index in [9.17, 15) is 68.4 Å². The van der Waals surface area contributed by atoms with Crippen molar-refractivity contribution in [1.29, 1.82) is 0 Å². The van der Waals surface area contributed by atoms with Crippen LogP contribution in [0.25, 0.3) is 0 Å². The van der Waals surface area contributed by atoms with Gasteiger partial charge in [0, 0.05) is 13.0 Å². The number of benzene rings is 1. The zero-order valence-electron chi connectivity index (χ0n) is 34.2. The fourth-order valence-electron chi connectivity index (χ4n) is 4.94. The Morgan fingerprint density at radius 3 is 1.50 bits per heavy atom. The summed E-state index contributed by atoms with van der Waals surface area (Å²) in [5.74, 6) is -10.8. The minimum Gasteiger partial charge on any atom is -0.508 e. The average Bonchev–Trinajstić information content (AvgIpc) is 3.26. The molecule has 1 rings (SSSR count). The molecular formula is C35H55N13O16. The molecule has 0 saturated carbocycles. The second-order valence-corrected chi connectivity index (χ2v) is 13.4. The number of hydrogen-bond donors (Lipinski definition) is 18. The molecule has 1 aromatic carbocycles. The number of aromatic hydroxyl groups is 1. The molecule has 9 amide bonds. The van der Waals surface area contributed by atoms with Gasteiger partial charge in [0.2, 0.25) is 53.2 Å². The fraction of sp³-hybridized carbons (Fsp3) is 0.514. The van der Waals surface area contributed by atoms with Crippen LogP contribution in [0.3, 0.4) is 0 Å². The molecule has 1 aromatic rings. The number of aliphatic hydroxyl groups excluding tert-OH is 4. The van der Waals surface area contributed by atoms with Gasteiger partial charge in [0.05, 0.1) is 46.1 Å². The number of rotatable bonds is 29. The Hall–Kier alpha value is -7.21. The monoisotopic (exact) mass is 913 g/mol. The van der Waals surface area contributed by atoms with Gasteiger partial charge in [0.15, 0.2) is 5.96 Å². The molecule has 0 unspecified atom stereocenters. The Morgan fingerprint density at radius 1 is 0.531 bits per heavy atom. The minimum absolute atomic E-state index is 0.0562. The maximum atomic E-state index is 13.5. The van der Waals surface area contributed by atoms with Crippen LogP contribution in [0.15, 0.2) is 29.3 Å². The lowest BCUT2D eigenvalue weighted by Gasteiger charge is -2.23. The van der Waals surface area contributed by atoms with E-state index in [2.05, 4.69) is 42.2 Å². The molecule has 0 aliphatic heterocycles. The van der Waals surface area contributed by atoms with Crippen LogP contribution in [-0.4, -0.2) is 191 Å².